The second kappa shape index (κ2) is 10.1. The third-order valence-electron chi connectivity index (χ3n) is 7.04. The van der Waals surface area contributed by atoms with E-state index in [1.165, 1.54) is 6.26 Å². The molecule has 0 bridgehead atoms. The van der Waals surface area contributed by atoms with Crippen molar-refractivity contribution < 1.29 is 13.6 Å². The summed E-state index contributed by atoms with van der Waals surface area (Å²) in [6, 6.07) is 26.2. The summed E-state index contributed by atoms with van der Waals surface area (Å²) in [4.78, 5) is 19.5. The SMILES string of the molecule is CC(CNC(=O)C1CCN(c2oc(-c3ccco3)nc2C#N)CC1)(c1ccccc1)c1ccccc1. The van der Waals surface area contributed by atoms with Crippen molar-refractivity contribution in [3.63, 3.8) is 0 Å². The lowest BCUT2D eigenvalue weighted by atomic mass is 9.76. The van der Waals surface area contributed by atoms with Crippen molar-refractivity contribution >= 4 is 11.8 Å². The van der Waals surface area contributed by atoms with Crippen molar-refractivity contribution in [3.8, 4) is 17.7 Å². The highest BCUT2D eigenvalue weighted by Gasteiger charge is 2.33. The van der Waals surface area contributed by atoms with Gasteiger partial charge in [0, 0.05) is 31.0 Å². The molecular weight excluding hydrogens is 452 g/mol. The van der Waals surface area contributed by atoms with Crippen molar-refractivity contribution in [1.82, 2.24) is 10.3 Å². The maximum atomic E-state index is 13.2. The van der Waals surface area contributed by atoms with Gasteiger partial charge < -0.3 is 19.1 Å². The van der Waals surface area contributed by atoms with Crippen molar-refractivity contribution in [2.24, 2.45) is 5.92 Å². The predicted octanol–water partition coefficient (Wildman–Crippen LogP) is 5.15. The van der Waals surface area contributed by atoms with Crippen molar-refractivity contribution in [3.05, 3.63) is 95.9 Å². The van der Waals surface area contributed by atoms with E-state index in [2.05, 4.69) is 47.6 Å². The Kier molecular flexibility index (Phi) is 6.59. The molecule has 0 unspecified atom stereocenters. The van der Waals surface area contributed by atoms with Crippen molar-refractivity contribution in [2.45, 2.75) is 25.2 Å². The summed E-state index contributed by atoms with van der Waals surface area (Å²) < 4.78 is 11.2. The number of hydrogen-bond acceptors (Lipinski definition) is 6. The number of amides is 1. The smallest absolute Gasteiger partial charge is 0.266 e. The molecule has 7 heteroatoms. The van der Waals surface area contributed by atoms with Gasteiger partial charge in [0.25, 0.3) is 5.89 Å². The van der Waals surface area contributed by atoms with Gasteiger partial charge in [0.1, 0.15) is 6.07 Å². The molecule has 1 amide bonds. The van der Waals surface area contributed by atoms with Crippen LogP contribution in [0.25, 0.3) is 11.7 Å². The van der Waals surface area contributed by atoms with Gasteiger partial charge in [0.05, 0.1) is 6.26 Å². The summed E-state index contributed by atoms with van der Waals surface area (Å²) in [5.41, 5.74) is 2.20. The number of carbonyl (C=O) groups is 1. The van der Waals surface area contributed by atoms with Crippen LogP contribution in [0.1, 0.15) is 36.6 Å². The molecule has 1 aliphatic heterocycles. The Balaban J connectivity index is 1.24. The first-order valence-electron chi connectivity index (χ1n) is 12.2. The fourth-order valence-corrected chi connectivity index (χ4v) is 4.84. The minimum absolute atomic E-state index is 0.0575. The Labute approximate surface area is 210 Å². The van der Waals surface area contributed by atoms with E-state index in [0.717, 1.165) is 11.1 Å². The van der Waals surface area contributed by atoms with Crippen molar-refractivity contribution in [1.29, 1.82) is 5.26 Å². The number of piperidine rings is 1. The van der Waals surface area contributed by atoms with E-state index in [0.29, 0.717) is 44.1 Å². The summed E-state index contributed by atoms with van der Waals surface area (Å²) in [7, 11) is 0. The molecular formula is C29H28N4O3. The maximum absolute atomic E-state index is 13.2. The molecule has 1 saturated heterocycles. The molecule has 4 aromatic rings. The Morgan fingerprint density at radius 3 is 2.25 bits per heavy atom. The largest absolute Gasteiger partial charge is 0.459 e. The monoisotopic (exact) mass is 480 g/mol. The quantitative estimate of drug-likeness (QED) is 0.393. The van der Waals surface area contributed by atoms with E-state index >= 15 is 0 Å². The average molecular weight is 481 g/mol. The highest BCUT2D eigenvalue weighted by atomic mass is 16.4. The first-order valence-corrected chi connectivity index (χ1v) is 12.2. The molecule has 0 atom stereocenters. The van der Waals surface area contributed by atoms with Crippen LogP contribution in [0.5, 0.6) is 0 Å². The lowest BCUT2D eigenvalue weighted by molar-refractivity contribution is -0.125. The van der Waals surface area contributed by atoms with E-state index in [9.17, 15) is 10.1 Å². The molecule has 7 nitrogen and oxygen atoms in total. The number of hydrogen-bond donors (Lipinski definition) is 1. The van der Waals surface area contributed by atoms with Gasteiger partial charge in [-0.3, -0.25) is 4.79 Å². The molecule has 0 saturated carbocycles. The van der Waals surface area contributed by atoms with Gasteiger partial charge in [0.15, 0.2) is 5.76 Å². The molecule has 2 aromatic carbocycles. The zero-order valence-electron chi connectivity index (χ0n) is 20.2. The van der Waals surface area contributed by atoms with E-state index in [1.807, 2.05) is 41.3 Å². The van der Waals surface area contributed by atoms with Gasteiger partial charge in [-0.1, -0.05) is 60.7 Å². The van der Waals surface area contributed by atoms with Gasteiger partial charge >= 0.3 is 0 Å². The molecule has 1 aliphatic rings. The minimum atomic E-state index is -0.345. The van der Waals surface area contributed by atoms with Crippen LogP contribution in [-0.2, 0) is 10.2 Å². The zero-order chi connectivity index (χ0) is 25.0. The van der Waals surface area contributed by atoms with Crippen LogP contribution in [0.2, 0.25) is 0 Å². The Hall–Kier alpha value is -4.31. The zero-order valence-corrected chi connectivity index (χ0v) is 20.2. The molecule has 1 fully saturated rings. The summed E-state index contributed by atoms with van der Waals surface area (Å²) in [6.07, 6.45) is 2.87. The molecule has 0 spiro atoms. The van der Waals surface area contributed by atoms with Gasteiger partial charge in [0.2, 0.25) is 17.5 Å². The summed E-state index contributed by atoms with van der Waals surface area (Å²) in [5.74, 6) is 1.15. The van der Waals surface area contributed by atoms with E-state index in [4.69, 9.17) is 8.83 Å². The summed E-state index contributed by atoms with van der Waals surface area (Å²) >= 11 is 0. The number of aromatic nitrogens is 1. The van der Waals surface area contributed by atoms with E-state index in [1.54, 1.807) is 12.1 Å². The number of anilines is 1. The highest BCUT2D eigenvalue weighted by molar-refractivity contribution is 5.79. The molecule has 0 radical (unpaired) electrons. The molecule has 36 heavy (non-hydrogen) atoms. The number of oxazole rings is 1. The van der Waals surface area contributed by atoms with Crippen LogP contribution in [-0.4, -0.2) is 30.5 Å². The lowest BCUT2D eigenvalue weighted by Gasteiger charge is -2.34. The number of nitrogens with one attached hydrogen (secondary N) is 1. The second-order valence-electron chi connectivity index (χ2n) is 9.31. The van der Waals surface area contributed by atoms with Crippen molar-refractivity contribution in [2.75, 3.05) is 24.5 Å². The molecule has 0 aliphatic carbocycles. The lowest BCUT2D eigenvalue weighted by Crippen LogP contribution is -2.45. The first kappa shape index (κ1) is 23.4. The predicted molar refractivity (Wildman–Crippen MR) is 136 cm³/mol. The Morgan fingerprint density at radius 2 is 1.69 bits per heavy atom. The minimum Gasteiger partial charge on any atom is -0.459 e. The number of carbonyl (C=O) groups excluding carboxylic acids is 1. The average Bonchev–Trinajstić information content (AvgIpc) is 3.63. The summed E-state index contributed by atoms with van der Waals surface area (Å²) in [6.45, 7) is 3.89. The van der Waals surface area contributed by atoms with Crippen LogP contribution in [0, 0.1) is 17.2 Å². The van der Waals surface area contributed by atoms with Crippen LogP contribution >= 0.6 is 0 Å². The third-order valence-corrected chi connectivity index (χ3v) is 7.04. The van der Waals surface area contributed by atoms with Gasteiger partial charge in [-0.2, -0.15) is 10.2 Å². The Morgan fingerprint density at radius 1 is 1.06 bits per heavy atom. The molecule has 5 rings (SSSR count). The van der Waals surface area contributed by atoms with E-state index < -0.39 is 0 Å². The fraction of sp³-hybridized carbons (Fsp3) is 0.276. The number of furan rings is 1. The van der Waals surface area contributed by atoms with E-state index in [-0.39, 0.29) is 28.8 Å². The fourth-order valence-electron chi connectivity index (χ4n) is 4.84. The standard InChI is InChI=1S/C29H28N4O3/c1-29(22-9-4-2-5-10-22,23-11-6-3-7-12-23)20-31-26(34)21-14-16-33(17-15-21)28-24(19-30)32-27(36-28)25-13-8-18-35-25/h2-13,18,21H,14-17,20H2,1H3,(H,31,34). The second-order valence-corrected chi connectivity index (χ2v) is 9.31. The molecule has 3 heterocycles. The van der Waals surface area contributed by atoms with Gasteiger partial charge in [-0.15, -0.1) is 0 Å². The number of benzene rings is 2. The van der Waals surface area contributed by atoms with Gasteiger partial charge in [-0.25, -0.2) is 0 Å². The van der Waals surface area contributed by atoms with Crippen LogP contribution in [0.4, 0.5) is 5.88 Å². The number of nitrogens with zero attached hydrogens (tertiary/aromatic N) is 3. The van der Waals surface area contributed by atoms with Gasteiger partial charge in [-0.05, 0) is 43.0 Å². The van der Waals surface area contributed by atoms with Crippen LogP contribution in [0.15, 0.2) is 87.9 Å². The first-order chi connectivity index (χ1) is 17.6. The highest BCUT2D eigenvalue weighted by Crippen LogP contribution is 2.33. The summed E-state index contributed by atoms with van der Waals surface area (Å²) in [5, 5.41) is 12.8. The number of rotatable bonds is 7. The number of nitriles is 1. The molecule has 2 aromatic heterocycles. The molecule has 182 valence electrons. The normalized spacial score (nSPS) is 14.4. The Bertz CT molecular complexity index is 1290. The van der Waals surface area contributed by atoms with Crippen LogP contribution < -0.4 is 10.2 Å². The third kappa shape index (κ3) is 4.63. The topological polar surface area (TPSA) is 95.3 Å². The maximum Gasteiger partial charge on any atom is 0.266 e. The van der Waals surface area contributed by atoms with Crippen LogP contribution in [0.3, 0.4) is 0 Å². The molecule has 1 N–H and O–H groups in total.